The minimum atomic E-state index is -1.37. The second-order valence-electron chi connectivity index (χ2n) is 4.26. The molecule has 0 spiro atoms. The van der Waals surface area contributed by atoms with E-state index < -0.39 is 22.3 Å². The monoisotopic (exact) mass is 291 g/mol. The van der Waals surface area contributed by atoms with Gasteiger partial charge in [-0.05, 0) is 30.7 Å². The van der Waals surface area contributed by atoms with Crippen molar-refractivity contribution in [2.75, 3.05) is 0 Å². The molecule has 7 heteroatoms. The van der Waals surface area contributed by atoms with Gasteiger partial charge in [0.25, 0.3) is 5.69 Å². The van der Waals surface area contributed by atoms with Crippen molar-refractivity contribution >= 4 is 11.7 Å². The van der Waals surface area contributed by atoms with Crippen LogP contribution in [0.25, 0.3) is 0 Å². The lowest BCUT2D eigenvalue weighted by Crippen LogP contribution is -2.00. The molecule has 1 N–H and O–H groups in total. The maximum Gasteiger partial charge on any atom is 0.338 e. The molecule has 0 radical (unpaired) electrons. The van der Waals surface area contributed by atoms with Crippen molar-refractivity contribution in [1.82, 2.24) is 0 Å². The van der Waals surface area contributed by atoms with E-state index in [0.29, 0.717) is 11.3 Å². The smallest absolute Gasteiger partial charge is 0.338 e. The molecule has 0 fully saturated rings. The normalized spacial score (nSPS) is 10.2. The van der Waals surface area contributed by atoms with E-state index in [0.717, 1.165) is 12.1 Å². The number of nitro benzene ring substituents is 1. The first-order valence-electron chi connectivity index (χ1n) is 5.84. The summed E-state index contributed by atoms with van der Waals surface area (Å²) >= 11 is 0. The van der Waals surface area contributed by atoms with Crippen molar-refractivity contribution < 1.29 is 24.0 Å². The first-order chi connectivity index (χ1) is 9.88. The average Bonchev–Trinajstić information content (AvgIpc) is 2.40. The molecule has 108 valence electrons. The Bertz CT molecular complexity index is 729. The van der Waals surface area contributed by atoms with Gasteiger partial charge in [0, 0.05) is 18.2 Å². The predicted octanol–water partition coefficient (Wildman–Crippen LogP) is 3.53. The summed E-state index contributed by atoms with van der Waals surface area (Å²) in [5, 5.41) is 19.4. The van der Waals surface area contributed by atoms with Crippen molar-refractivity contribution in [2.45, 2.75) is 6.92 Å². The molecule has 0 amide bonds. The molecule has 0 heterocycles. The number of carboxylic acids is 1. The Morgan fingerprint density at radius 2 is 2.00 bits per heavy atom. The zero-order valence-corrected chi connectivity index (χ0v) is 10.9. The molecule has 0 aliphatic carbocycles. The van der Waals surface area contributed by atoms with E-state index in [-0.39, 0.29) is 11.4 Å². The average molecular weight is 291 g/mol. The fourth-order valence-corrected chi connectivity index (χ4v) is 1.72. The fourth-order valence-electron chi connectivity index (χ4n) is 1.72. The number of hydrogen-bond donors (Lipinski definition) is 1. The van der Waals surface area contributed by atoms with Gasteiger partial charge in [-0.1, -0.05) is 0 Å². The minimum Gasteiger partial charge on any atom is -0.478 e. The Balaban J connectivity index is 2.28. The Kier molecular flexibility index (Phi) is 3.84. The topological polar surface area (TPSA) is 89.7 Å². The van der Waals surface area contributed by atoms with Crippen molar-refractivity contribution in [3.8, 4) is 11.5 Å². The molecule has 0 aliphatic heterocycles. The maximum absolute atomic E-state index is 13.5. The van der Waals surface area contributed by atoms with Crippen LogP contribution in [0, 0.1) is 22.9 Å². The number of aromatic carboxylic acids is 1. The van der Waals surface area contributed by atoms with E-state index in [1.807, 2.05) is 0 Å². The zero-order chi connectivity index (χ0) is 15.6. The van der Waals surface area contributed by atoms with E-state index in [9.17, 15) is 19.3 Å². The summed E-state index contributed by atoms with van der Waals surface area (Å²) in [7, 11) is 0. The van der Waals surface area contributed by atoms with Crippen LogP contribution in [0.4, 0.5) is 10.1 Å². The van der Waals surface area contributed by atoms with E-state index in [4.69, 9.17) is 9.84 Å². The van der Waals surface area contributed by atoms with Crippen LogP contribution >= 0.6 is 0 Å². The molecule has 21 heavy (non-hydrogen) atoms. The number of rotatable bonds is 4. The molecule has 0 atom stereocenters. The van der Waals surface area contributed by atoms with Gasteiger partial charge in [0.05, 0.1) is 10.5 Å². The second kappa shape index (κ2) is 5.58. The van der Waals surface area contributed by atoms with Gasteiger partial charge in [0.15, 0.2) is 0 Å². The van der Waals surface area contributed by atoms with Gasteiger partial charge in [0.2, 0.25) is 0 Å². The van der Waals surface area contributed by atoms with E-state index in [2.05, 4.69) is 0 Å². The lowest BCUT2D eigenvalue weighted by atomic mass is 10.2. The highest BCUT2D eigenvalue weighted by atomic mass is 19.1. The maximum atomic E-state index is 13.5. The van der Waals surface area contributed by atoms with Crippen molar-refractivity contribution in [3.63, 3.8) is 0 Å². The van der Waals surface area contributed by atoms with Crippen molar-refractivity contribution in [3.05, 3.63) is 63.5 Å². The fraction of sp³-hybridized carbons (Fsp3) is 0.0714. The summed E-state index contributed by atoms with van der Waals surface area (Å²) in [6.45, 7) is 1.62. The van der Waals surface area contributed by atoms with Gasteiger partial charge in [-0.2, -0.15) is 0 Å². The molecule has 0 saturated heterocycles. The summed E-state index contributed by atoms with van der Waals surface area (Å²) in [4.78, 5) is 20.8. The number of non-ortho nitro benzene ring substituents is 1. The van der Waals surface area contributed by atoms with Crippen LogP contribution < -0.4 is 4.74 Å². The van der Waals surface area contributed by atoms with E-state index >= 15 is 0 Å². The second-order valence-corrected chi connectivity index (χ2v) is 4.26. The van der Waals surface area contributed by atoms with Crippen molar-refractivity contribution in [1.29, 1.82) is 0 Å². The third kappa shape index (κ3) is 3.14. The number of carbonyl (C=O) groups is 1. The molecule has 0 bridgehead atoms. The van der Waals surface area contributed by atoms with Gasteiger partial charge in [-0.25, -0.2) is 9.18 Å². The van der Waals surface area contributed by atoms with Crippen LogP contribution in [0.3, 0.4) is 0 Å². The Morgan fingerprint density at radius 1 is 1.29 bits per heavy atom. The largest absolute Gasteiger partial charge is 0.478 e. The minimum absolute atomic E-state index is 0.0766. The van der Waals surface area contributed by atoms with Gasteiger partial charge in [-0.3, -0.25) is 10.1 Å². The van der Waals surface area contributed by atoms with Crippen LogP contribution in [-0.2, 0) is 0 Å². The van der Waals surface area contributed by atoms with Crippen LogP contribution in [0.15, 0.2) is 36.4 Å². The molecule has 2 rings (SSSR count). The van der Waals surface area contributed by atoms with Crippen LogP contribution in [0.1, 0.15) is 15.9 Å². The van der Waals surface area contributed by atoms with E-state index in [1.165, 1.54) is 24.3 Å². The number of halogens is 1. The first kappa shape index (κ1) is 14.4. The van der Waals surface area contributed by atoms with Crippen molar-refractivity contribution in [2.24, 2.45) is 0 Å². The summed E-state index contributed by atoms with van der Waals surface area (Å²) in [6.07, 6.45) is 0. The molecular weight excluding hydrogens is 281 g/mol. The third-order valence-electron chi connectivity index (χ3n) is 2.77. The molecular formula is C14H10FNO5. The molecule has 0 saturated carbocycles. The molecule has 0 unspecified atom stereocenters. The van der Waals surface area contributed by atoms with Gasteiger partial charge < -0.3 is 9.84 Å². The Labute approximate surface area is 118 Å². The molecule has 2 aromatic carbocycles. The Hall–Kier alpha value is -2.96. The number of aryl methyl sites for hydroxylation is 1. The predicted molar refractivity (Wildman–Crippen MR) is 71.3 cm³/mol. The third-order valence-corrected chi connectivity index (χ3v) is 2.77. The highest BCUT2D eigenvalue weighted by Gasteiger charge is 2.13. The van der Waals surface area contributed by atoms with Crippen LogP contribution in [-0.4, -0.2) is 16.0 Å². The summed E-state index contributed by atoms with van der Waals surface area (Å²) in [6, 6.07) is 7.35. The molecule has 6 nitrogen and oxygen atoms in total. The Morgan fingerprint density at radius 3 is 2.52 bits per heavy atom. The number of benzene rings is 2. The number of ether oxygens (including phenoxy) is 1. The van der Waals surface area contributed by atoms with E-state index in [1.54, 1.807) is 6.92 Å². The highest BCUT2D eigenvalue weighted by molar-refractivity contribution is 5.88. The molecule has 2 aromatic rings. The van der Waals surface area contributed by atoms with Gasteiger partial charge in [0.1, 0.15) is 17.3 Å². The lowest BCUT2D eigenvalue weighted by molar-refractivity contribution is -0.384. The van der Waals surface area contributed by atoms with Crippen LogP contribution in [0.5, 0.6) is 11.5 Å². The molecule has 0 aliphatic rings. The molecule has 0 aromatic heterocycles. The summed E-state index contributed by atoms with van der Waals surface area (Å²) < 4.78 is 18.9. The van der Waals surface area contributed by atoms with Gasteiger partial charge in [-0.15, -0.1) is 0 Å². The van der Waals surface area contributed by atoms with Crippen LogP contribution in [0.2, 0.25) is 0 Å². The number of hydrogen-bond acceptors (Lipinski definition) is 4. The number of nitro groups is 1. The quantitative estimate of drug-likeness (QED) is 0.687. The first-order valence-corrected chi connectivity index (χ1v) is 5.84. The zero-order valence-electron chi connectivity index (χ0n) is 10.9. The SMILES string of the molecule is Cc1cc([N+](=O)[O-])ccc1Oc1ccc(C(=O)O)c(F)c1. The summed E-state index contributed by atoms with van der Waals surface area (Å²) in [5.74, 6) is -1.86. The van der Waals surface area contributed by atoms with Gasteiger partial charge >= 0.3 is 5.97 Å². The standard InChI is InChI=1S/C14H10FNO5/c1-8-6-9(16(19)20)2-5-13(8)21-10-3-4-11(14(17)18)12(15)7-10/h2-7H,1H3,(H,17,18). The lowest BCUT2D eigenvalue weighted by Gasteiger charge is -2.09. The summed E-state index contributed by atoms with van der Waals surface area (Å²) in [5.41, 5.74) is -0.0260. The highest BCUT2D eigenvalue weighted by Crippen LogP contribution is 2.29. The number of carboxylic acid groups (broad SMARTS) is 1. The number of nitrogens with zero attached hydrogens (tertiary/aromatic N) is 1.